The number of aromatic nitrogens is 6. The van der Waals surface area contributed by atoms with Gasteiger partial charge in [-0.1, -0.05) is 0 Å². The Morgan fingerprint density at radius 2 is 2.15 bits per heavy atom. The standard InChI is InChI=1S/C12H13N7O/c1-2-14-10-6-15-9(5-16-10)8-19-12(20)18-4-3-13-7-11(18)17-19/h3-7H,2,8H2,1H3,(H,14,16). The zero-order chi connectivity index (χ0) is 13.9. The molecule has 3 rings (SSSR count). The second-order valence-corrected chi connectivity index (χ2v) is 4.17. The van der Waals surface area contributed by atoms with Gasteiger partial charge >= 0.3 is 5.69 Å². The molecule has 0 amide bonds. The zero-order valence-electron chi connectivity index (χ0n) is 10.9. The van der Waals surface area contributed by atoms with Crippen LogP contribution in [0.1, 0.15) is 12.6 Å². The first-order valence-electron chi connectivity index (χ1n) is 6.22. The third-order valence-corrected chi connectivity index (χ3v) is 2.76. The van der Waals surface area contributed by atoms with Crippen LogP contribution in [0.4, 0.5) is 5.82 Å². The van der Waals surface area contributed by atoms with Crippen LogP contribution >= 0.6 is 0 Å². The minimum absolute atomic E-state index is 0.222. The van der Waals surface area contributed by atoms with Crippen LogP contribution in [0.25, 0.3) is 5.65 Å². The monoisotopic (exact) mass is 271 g/mol. The second kappa shape index (κ2) is 5.08. The van der Waals surface area contributed by atoms with E-state index in [1.807, 2.05) is 6.92 Å². The highest BCUT2D eigenvalue weighted by atomic mass is 16.2. The fraction of sp³-hybridized carbons (Fsp3) is 0.250. The summed E-state index contributed by atoms with van der Waals surface area (Å²) in [7, 11) is 0. The molecule has 0 aliphatic rings. The molecule has 0 radical (unpaired) electrons. The van der Waals surface area contributed by atoms with E-state index in [0.717, 1.165) is 6.54 Å². The second-order valence-electron chi connectivity index (χ2n) is 4.17. The van der Waals surface area contributed by atoms with E-state index in [0.29, 0.717) is 17.2 Å². The summed E-state index contributed by atoms with van der Waals surface area (Å²) in [4.78, 5) is 24.5. The van der Waals surface area contributed by atoms with E-state index in [2.05, 4.69) is 25.4 Å². The fourth-order valence-corrected chi connectivity index (χ4v) is 1.85. The SMILES string of the molecule is CCNc1cnc(Cn2nc3cnccn3c2=O)cn1. The first-order chi connectivity index (χ1) is 9.78. The Bertz CT molecular complexity index is 774. The lowest BCUT2D eigenvalue weighted by Gasteiger charge is -2.02. The van der Waals surface area contributed by atoms with Gasteiger partial charge in [-0.25, -0.2) is 18.9 Å². The lowest BCUT2D eigenvalue weighted by Crippen LogP contribution is -2.22. The highest BCUT2D eigenvalue weighted by Crippen LogP contribution is 2.02. The summed E-state index contributed by atoms with van der Waals surface area (Å²) in [5.74, 6) is 0.711. The molecule has 0 aromatic carbocycles. The van der Waals surface area contributed by atoms with Crippen LogP contribution in [0, 0.1) is 0 Å². The van der Waals surface area contributed by atoms with Crippen LogP contribution in [0.3, 0.4) is 0 Å². The Hall–Kier alpha value is -2.77. The van der Waals surface area contributed by atoms with Gasteiger partial charge in [-0.15, -0.1) is 5.10 Å². The van der Waals surface area contributed by atoms with Crippen molar-refractivity contribution in [3.05, 3.63) is 47.2 Å². The van der Waals surface area contributed by atoms with Crippen molar-refractivity contribution in [1.82, 2.24) is 29.1 Å². The smallest absolute Gasteiger partial charge is 0.350 e. The molecule has 0 bridgehead atoms. The van der Waals surface area contributed by atoms with Crippen LogP contribution < -0.4 is 11.0 Å². The van der Waals surface area contributed by atoms with E-state index >= 15 is 0 Å². The maximum Gasteiger partial charge on any atom is 0.350 e. The molecule has 20 heavy (non-hydrogen) atoms. The van der Waals surface area contributed by atoms with Gasteiger partial charge in [0.05, 0.1) is 30.8 Å². The van der Waals surface area contributed by atoms with E-state index < -0.39 is 0 Å². The van der Waals surface area contributed by atoms with Gasteiger partial charge in [-0.3, -0.25) is 9.97 Å². The average Bonchev–Trinajstić information content (AvgIpc) is 2.79. The van der Waals surface area contributed by atoms with E-state index in [1.54, 1.807) is 24.8 Å². The molecule has 102 valence electrons. The maximum atomic E-state index is 12.1. The molecule has 0 saturated heterocycles. The van der Waals surface area contributed by atoms with Gasteiger partial charge in [0.25, 0.3) is 0 Å². The van der Waals surface area contributed by atoms with Crippen molar-refractivity contribution >= 4 is 11.5 Å². The quantitative estimate of drug-likeness (QED) is 0.727. The Morgan fingerprint density at radius 1 is 1.25 bits per heavy atom. The maximum absolute atomic E-state index is 12.1. The molecule has 8 heteroatoms. The molecule has 0 aliphatic carbocycles. The topological polar surface area (TPSA) is 90.0 Å². The summed E-state index contributed by atoms with van der Waals surface area (Å²) < 4.78 is 2.78. The van der Waals surface area contributed by atoms with Crippen molar-refractivity contribution in [2.75, 3.05) is 11.9 Å². The highest BCUT2D eigenvalue weighted by molar-refractivity contribution is 5.32. The van der Waals surface area contributed by atoms with Gasteiger partial charge < -0.3 is 5.32 Å². The molecular weight excluding hydrogens is 258 g/mol. The van der Waals surface area contributed by atoms with Crippen LogP contribution in [0.15, 0.2) is 35.8 Å². The lowest BCUT2D eigenvalue weighted by atomic mass is 10.4. The minimum Gasteiger partial charge on any atom is -0.369 e. The largest absolute Gasteiger partial charge is 0.369 e. The molecule has 8 nitrogen and oxygen atoms in total. The van der Waals surface area contributed by atoms with Gasteiger partial charge in [0.2, 0.25) is 0 Å². The molecular formula is C12H13N7O. The fourth-order valence-electron chi connectivity index (χ4n) is 1.85. The van der Waals surface area contributed by atoms with Gasteiger partial charge in [-0.05, 0) is 6.92 Å². The van der Waals surface area contributed by atoms with Crippen molar-refractivity contribution in [3.8, 4) is 0 Å². The summed E-state index contributed by atoms with van der Waals surface area (Å²) in [6.45, 7) is 3.05. The van der Waals surface area contributed by atoms with Crippen molar-refractivity contribution in [2.45, 2.75) is 13.5 Å². The minimum atomic E-state index is -0.222. The Kier molecular flexibility index (Phi) is 3.12. The predicted octanol–water partition coefficient (Wildman–Crippen LogP) is 0.161. The number of fused-ring (bicyclic) bond motifs is 1. The first kappa shape index (κ1) is 12.3. The van der Waals surface area contributed by atoms with Crippen molar-refractivity contribution < 1.29 is 0 Å². The van der Waals surface area contributed by atoms with Gasteiger partial charge in [-0.2, -0.15) is 0 Å². The summed E-state index contributed by atoms with van der Waals surface area (Å²) in [6, 6.07) is 0. The van der Waals surface area contributed by atoms with Gasteiger partial charge in [0.1, 0.15) is 5.82 Å². The van der Waals surface area contributed by atoms with E-state index in [9.17, 15) is 4.79 Å². The molecule has 3 aromatic heterocycles. The normalized spacial score (nSPS) is 10.8. The zero-order valence-corrected chi connectivity index (χ0v) is 10.9. The number of nitrogens with one attached hydrogen (secondary N) is 1. The summed E-state index contributed by atoms with van der Waals surface area (Å²) >= 11 is 0. The summed E-state index contributed by atoms with van der Waals surface area (Å²) in [6.07, 6.45) is 7.94. The molecule has 0 saturated carbocycles. The Balaban J connectivity index is 1.89. The molecule has 0 unspecified atom stereocenters. The first-order valence-corrected chi connectivity index (χ1v) is 6.22. The van der Waals surface area contributed by atoms with Crippen molar-refractivity contribution in [3.63, 3.8) is 0 Å². The number of nitrogens with zero attached hydrogens (tertiary/aromatic N) is 6. The molecule has 3 heterocycles. The van der Waals surface area contributed by atoms with Crippen LogP contribution in [0.5, 0.6) is 0 Å². The summed E-state index contributed by atoms with van der Waals surface area (Å²) in [5, 5.41) is 7.25. The molecule has 0 aliphatic heterocycles. The van der Waals surface area contributed by atoms with E-state index in [-0.39, 0.29) is 12.2 Å². The molecule has 0 fully saturated rings. The molecule has 0 spiro atoms. The lowest BCUT2D eigenvalue weighted by molar-refractivity contribution is 0.644. The van der Waals surface area contributed by atoms with Gasteiger partial charge in [0, 0.05) is 18.9 Å². The molecule has 0 atom stereocenters. The number of anilines is 1. The Labute approximate surface area is 114 Å². The highest BCUT2D eigenvalue weighted by Gasteiger charge is 2.07. The molecule has 1 N–H and O–H groups in total. The summed E-state index contributed by atoms with van der Waals surface area (Å²) in [5.41, 5.74) is 0.958. The predicted molar refractivity (Wildman–Crippen MR) is 72.5 cm³/mol. The number of hydrogen-bond donors (Lipinski definition) is 1. The number of hydrogen-bond acceptors (Lipinski definition) is 6. The third kappa shape index (κ3) is 2.22. The van der Waals surface area contributed by atoms with Crippen molar-refractivity contribution in [2.24, 2.45) is 0 Å². The van der Waals surface area contributed by atoms with E-state index in [1.165, 1.54) is 15.3 Å². The Morgan fingerprint density at radius 3 is 2.85 bits per heavy atom. The van der Waals surface area contributed by atoms with Crippen LogP contribution in [-0.2, 0) is 6.54 Å². The average molecular weight is 271 g/mol. The van der Waals surface area contributed by atoms with Gasteiger partial charge in [0.15, 0.2) is 5.65 Å². The van der Waals surface area contributed by atoms with Crippen LogP contribution in [-0.4, -0.2) is 35.7 Å². The van der Waals surface area contributed by atoms with Crippen LogP contribution in [0.2, 0.25) is 0 Å². The molecule has 3 aromatic rings. The van der Waals surface area contributed by atoms with E-state index in [4.69, 9.17) is 0 Å². The van der Waals surface area contributed by atoms with Crippen molar-refractivity contribution in [1.29, 1.82) is 0 Å². The number of rotatable bonds is 4. The third-order valence-electron chi connectivity index (χ3n) is 2.76.